The summed E-state index contributed by atoms with van der Waals surface area (Å²) in [6.45, 7) is 6.01. The molecule has 2 rings (SSSR count). The van der Waals surface area contributed by atoms with Gasteiger partial charge in [0.05, 0.1) is 5.69 Å². The van der Waals surface area contributed by atoms with Crippen molar-refractivity contribution >= 4 is 11.3 Å². The highest BCUT2D eigenvalue weighted by atomic mass is 32.1. The molecule has 0 atom stereocenters. The van der Waals surface area contributed by atoms with Crippen molar-refractivity contribution in [3.63, 3.8) is 0 Å². The SMILES string of the molecule is CCCNCc1nc(CN(C)CCc2ccccn2)cs1. The summed E-state index contributed by atoms with van der Waals surface area (Å²) in [5, 5.41) is 6.73. The number of aromatic nitrogens is 2. The first-order valence-electron chi connectivity index (χ1n) is 7.50. The minimum atomic E-state index is 0.885. The molecule has 1 N–H and O–H groups in total. The van der Waals surface area contributed by atoms with Crippen molar-refractivity contribution in [3.8, 4) is 0 Å². The molecular formula is C16H24N4S. The molecule has 0 bridgehead atoms. The maximum absolute atomic E-state index is 4.68. The van der Waals surface area contributed by atoms with Crippen LogP contribution in [0.15, 0.2) is 29.8 Å². The smallest absolute Gasteiger partial charge is 0.107 e. The summed E-state index contributed by atoms with van der Waals surface area (Å²) < 4.78 is 0. The monoisotopic (exact) mass is 304 g/mol. The Kier molecular flexibility index (Phi) is 6.79. The van der Waals surface area contributed by atoms with Crippen molar-refractivity contribution in [1.29, 1.82) is 0 Å². The highest BCUT2D eigenvalue weighted by Gasteiger charge is 2.06. The highest BCUT2D eigenvalue weighted by molar-refractivity contribution is 7.09. The van der Waals surface area contributed by atoms with Crippen LogP contribution in [0.1, 0.15) is 29.7 Å². The first-order valence-corrected chi connectivity index (χ1v) is 8.38. The predicted octanol–water partition coefficient (Wildman–Crippen LogP) is 2.71. The molecule has 0 aliphatic rings. The standard InChI is InChI=1S/C16H24N4S/c1-3-8-17-11-16-19-15(13-21-16)12-20(2)10-7-14-6-4-5-9-18-14/h4-6,9,13,17H,3,7-8,10-12H2,1-2H3. The lowest BCUT2D eigenvalue weighted by Gasteiger charge is -2.14. The van der Waals surface area contributed by atoms with Gasteiger partial charge in [0.1, 0.15) is 5.01 Å². The Balaban J connectivity index is 1.73. The van der Waals surface area contributed by atoms with E-state index in [0.29, 0.717) is 0 Å². The van der Waals surface area contributed by atoms with Gasteiger partial charge < -0.3 is 10.2 Å². The van der Waals surface area contributed by atoms with E-state index in [1.807, 2.05) is 18.3 Å². The first-order chi connectivity index (χ1) is 10.3. The van der Waals surface area contributed by atoms with Crippen molar-refractivity contribution in [2.75, 3.05) is 20.1 Å². The molecule has 0 fully saturated rings. The number of nitrogens with one attached hydrogen (secondary N) is 1. The minimum absolute atomic E-state index is 0.885. The zero-order valence-electron chi connectivity index (χ0n) is 12.9. The molecule has 0 aliphatic carbocycles. The third-order valence-electron chi connectivity index (χ3n) is 3.21. The third kappa shape index (κ3) is 5.91. The summed E-state index contributed by atoms with van der Waals surface area (Å²) in [6.07, 6.45) is 3.99. The van der Waals surface area contributed by atoms with Crippen LogP contribution in [0.2, 0.25) is 0 Å². The zero-order valence-corrected chi connectivity index (χ0v) is 13.7. The number of likely N-dealkylation sites (N-methyl/N-ethyl adjacent to an activating group) is 1. The Morgan fingerprint density at radius 2 is 2.19 bits per heavy atom. The Morgan fingerprint density at radius 1 is 1.29 bits per heavy atom. The van der Waals surface area contributed by atoms with E-state index in [0.717, 1.165) is 50.4 Å². The molecule has 0 unspecified atom stereocenters. The van der Waals surface area contributed by atoms with E-state index in [9.17, 15) is 0 Å². The lowest BCUT2D eigenvalue weighted by atomic mass is 10.2. The zero-order chi connectivity index (χ0) is 14.9. The largest absolute Gasteiger partial charge is 0.310 e. The van der Waals surface area contributed by atoms with E-state index >= 15 is 0 Å². The summed E-state index contributed by atoms with van der Waals surface area (Å²) in [5.41, 5.74) is 2.31. The molecule has 0 saturated heterocycles. The first kappa shape index (κ1) is 16.1. The molecule has 0 saturated carbocycles. The molecule has 0 aliphatic heterocycles. The summed E-state index contributed by atoms with van der Waals surface area (Å²) in [4.78, 5) is 11.3. The van der Waals surface area contributed by atoms with Crippen LogP contribution in [0.4, 0.5) is 0 Å². The summed E-state index contributed by atoms with van der Waals surface area (Å²) in [5.74, 6) is 0. The Hall–Kier alpha value is -1.30. The normalized spacial score (nSPS) is 11.2. The molecule has 0 radical (unpaired) electrons. The molecule has 5 heteroatoms. The molecular weight excluding hydrogens is 280 g/mol. The lowest BCUT2D eigenvalue weighted by molar-refractivity contribution is 0.326. The summed E-state index contributed by atoms with van der Waals surface area (Å²) in [7, 11) is 2.14. The average molecular weight is 304 g/mol. The molecule has 0 amide bonds. The molecule has 114 valence electrons. The van der Waals surface area contributed by atoms with Crippen molar-refractivity contribution in [1.82, 2.24) is 20.2 Å². The quantitative estimate of drug-likeness (QED) is 0.723. The summed E-state index contributed by atoms with van der Waals surface area (Å²) in [6, 6.07) is 6.07. The molecule has 2 heterocycles. The van der Waals surface area contributed by atoms with Crippen molar-refractivity contribution in [3.05, 3.63) is 46.2 Å². The number of pyridine rings is 1. The maximum Gasteiger partial charge on any atom is 0.107 e. The highest BCUT2D eigenvalue weighted by Crippen LogP contribution is 2.11. The van der Waals surface area contributed by atoms with Gasteiger partial charge in [0.2, 0.25) is 0 Å². The van der Waals surface area contributed by atoms with Crippen LogP contribution in [0, 0.1) is 0 Å². The van der Waals surface area contributed by atoms with E-state index in [4.69, 9.17) is 0 Å². The van der Waals surface area contributed by atoms with Crippen LogP contribution < -0.4 is 5.32 Å². The second-order valence-corrected chi connectivity index (χ2v) is 6.16. The molecule has 21 heavy (non-hydrogen) atoms. The molecule has 2 aromatic heterocycles. The molecule has 0 aromatic carbocycles. The van der Waals surface area contributed by atoms with Crippen LogP contribution in [-0.4, -0.2) is 35.0 Å². The van der Waals surface area contributed by atoms with Gasteiger partial charge in [-0.25, -0.2) is 4.98 Å². The molecule has 4 nitrogen and oxygen atoms in total. The fraction of sp³-hybridized carbons (Fsp3) is 0.500. The number of hydrogen-bond donors (Lipinski definition) is 1. The van der Waals surface area contributed by atoms with Crippen molar-refractivity contribution in [2.45, 2.75) is 32.9 Å². The van der Waals surface area contributed by atoms with Gasteiger partial charge in [0, 0.05) is 43.3 Å². The van der Waals surface area contributed by atoms with Gasteiger partial charge in [-0.2, -0.15) is 0 Å². The van der Waals surface area contributed by atoms with Crippen molar-refractivity contribution < 1.29 is 0 Å². The fourth-order valence-corrected chi connectivity index (χ4v) is 2.84. The predicted molar refractivity (Wildman–Crippen MR) is 88.4 cm³/mol. The van der Waals surface area contributed by atoms with Gasteiger partial charge in [-0.15, -0.1) is 11.3 Å². The topological polar surface area (TPSA) is 41.1 Å². The Morgan fingerprint density at radius 3 is 2.95 bits per heavy atom. The van der Waals surface area contributed by atoms with E-state index in [1.165, 1.54) is 5.01 Å². The van der Waals surface area contributed by atoms with Crippen LogP contribution in [-0.2, 0) is 19.5 Å². The van der Waals surface area contributed by atoms with Gasteiger partial charge in [-0.3, -0.25) is 4.98 Å². The Bertz CT molecular complexity index is 512. The van der Waals surface area contributed by atoms with E-state index in [-0.39, 0.29) is 0 Å². The van der Waals surface area contributed by atoms with Crippen molar-refractivity contribution in [2.24, 2.45) is 0 Å². The van der Waals surface area contributed by atoms with E-state index < -0.39 is 0 Å². The maximum atomic E-state index is 4.68. The minimum Gasteiger partial charge on any atom is -0.310 e. The van der Waals surface area contributed by atoms with Gasteiger partial charge in [0.15, 0.2) is 0 Å². The lowest BCUT2D eigenvalue weighted by Crippen LogP contribution is -2.21. The van der Waals surface area contributed by atoms with Gasteiger partial charge in [0.25, 0.3) is 0 Å². The van der Waals surface area contributed by atoms with Crippen LogP contribution >= 0.6 is 11.3 Å². The fourth-order valence-electron chi connectivity index (χ4n) is 2.08. The molecule has 2 aromatic rings. The summed E-state index contributed by atoms with van der Waals surface area (Å²) >= 11 is 1.74. The Labute approximate surface area is 131 Å². The number of thiazole rings is 1. The molecule has 0 spiro atoms. The third-order valence-corrected chi connectivity index (χ3v) is 4.11. The van der Waals surface area contributed by atoms with Gasteiger partial charge in [-0.1, -0.05) is 13.0 Å². The second-order valence-electron chi connectivity index (χ2n) is 5.22. The van der Waals surface area contributed by atoms with E-state index in [1.54, 1.807) is 11.3 Å². The number of rotatable bonds is 9. The second kappa shape index (κ2) is 8.87. The van der Waals surface area contributed by atoms with Crippen LogP contribution in [0.25, 0.3) is 0 Å². The van der Waals surface area contributed by atoms with Gasteiger partial charge in [-0.05, 0) is 32.1 Å². The average Bonchev–Trinajstić information content (AvgIpc) is 2.94. The van der Waals surface area contributed by atoms with E-state index in [2.05, 4.69) is 45.6 Å². The van der Waals surface area contributed by atoms with Crippen LogP contribution in [0.5, 0.6) is 0 Å². The number of nitrogens with zero attached hydrogens (tertiary/aromatic N) is 3. The van der Waals surface area contributed by atoms with Gasteiger partial charge >= 0.3 is 0 Å². The number of hydrogen-bond acceptors (Lipinski definition) is 5. The van der Waals surface area contributed by atoms with Crippen LogP contribution in [0.3, 0.4) is 0 Å².